The molecule has 1 aliphatic rings. The number of halogens is 1. The second-order valence-electron chi connectivity index (χ2n) is 4.98. The topological polar surface area (TPSA) is 41.1 Å². The van der Waals surface area contributed by atoms with E-state index in [9.17, 15) is 9.18 Å². The predicted octanol–water partition coefficient (Wildman–Crippen LogP) is 2.00. The zero-order chi connectivity index (χ0) is 13.1. The zero-order valence-corrected chi connectivity index (χ0v) is 10.7. The first-order valence-corrected chi connectivity index (χ1v) is 6.37. The van der Waals surface area contributed by atoms with Crippen LogP contribution in [0.4, 0.5) is 4.39 Å². The van der Waals surface area contributed by atoms with E-state index in [0.717, 1.165) is 18.5 Å². The molecule has 0 bridgehead atoms. The predicted molar refractivity (Wildman–Crippen MR) is 68.5 cm³/mol. The van der Waals surface area contributed by atoms with Gasteiger partial charge in [-0.25, -0.2) is 4.39 Å². The molecule has 1 amide bonds. The quantitative estimate of drug-likeness (QED) is 0.861. The Bertz CT molecular complexity index is 436. The number of rotatable bonds is 3. The molecule has 1 aromatic rings. The fraction of sp³-hybridized carbons (Fsp3) is 0.500. The van der Waals surface area contributed by atoms with E-state index in [1.165, 1.54) is 12.1 Å². The van der Waals surface area contributed by atoms with Gasteiger partial charge in [0.05, 0.1) is 12.1 Å². The summed E-state index contributed by atoms with van der Waals surface area (Å²) in [4.78, 5) is 12.1. The maximum Gasteiger partial charge on any atom is 0.237 e. The molecular formula is C14H19FN2O. The van der Waals surface area contributed by atoms with E-state index in [1.807, 2.05) is 13.0 Å². The Kier molecular flexibility index (Phi) is 3.97. The molecule has 2 unspecified atom stereocenters. The van der Waals surface area contributed by atoms with E-state index in [-0.39, 0.29) is 23.8 Å². The summed E-state index contributed by atoms with van der Waals surface area (Å²) in [6.07, 6.45) is 1.02. The average molecular weight is 250 g/mol. The second-order valence-corrected chi connectivity index (χ2v) is 4.98. The van der Waals surface area contributed by atoms with E-state index in [1.54, 1.807) is 6.07 Å². The summed E-state index contributed by atoms with van der Waals surface area (Å²) in [5, 5.41) is 6.12. The highest BCUT2D eigenvalue weighted by molar-refractivity contribution is 5.82. The average Bonchev–Trinajstić information content (AvgIpc) is 2.75. The van der Waals surface area contributed by atoms with E-state index >= 15 is 0 Å². The number of hydrogen-bond acceptors (Lipinski definition) is 2. The molecule has 2 rings (SSSR count). The molecule has 18 heavy (non-hydrogen) atoms. The van der Waals surface area contributed by atoms with E-state index in [2.05, 4.69) is 17.6 Å². The first-order valence-electron chi connectivity index (χ1n) is 6.37. The summed E-state index contributed by atoms with van der Waals surface area (Å²) in [7, 11) is 0. The van der Waals surface area contributed by atoms with Crippen molar-refractivity contribution in [1.29, 1.82) is 0 Å². The van der Waals surface area contributed by atoms with Crippen molar-refractivity contribution in [2.24, 2.45) is 5.92 Å². The standard InChI is InChI=1S/C14H19FN2O/c1-9-6-7-16-13(9)14(18)17-10(2)11-4-3-5-12(15)8-11/h3-5,8-10,13,16H,6-7H2,1-2H3,(H,17,18)/t9?,10-,13?/m0/s1. The highest BCUT2D eigenvalue weighted by atomic mass is 19.1. The van der Waals surface area contributed by atoms with Crippen molar-refractivity contribution in [3.63, 3.8) is 0 Å². The SMILES string of the molecule is CC1CCNC1C(=O)N[C@@H](C)c1cccc(F)c1. The molecule has 3 atom stereocenters. The molecule has 1 fully saturated rings. The molecule has 0 aromatic heterocycles. The monoisotopic (exact) mass is 250 g/mol. The highest BCUT2D eigenvalue weighted by Gasteiger charge is 2.29. The van der Waals surface area contributed by atoms with Crippen molar-refractivity contribution in [2.45, 2.75) is 32.4 Å². The molecule has 3 nitrogen and oxygen atoms in total. The fourth-order valence-electron chi connectivity index (χ4n) is 2.35. The minimum atomic E-state index is -0.277. The van der Waals surface area contributed by atoms with Crippen molar-refractivity contribution in [1.82, 2.24) is 10.6 Å². The Hall–Kier alpha value is -1.42. The van der Waals surface area contributed by atoms with Gasteiger partial charge in [0.2, 0.25) is 5.91 Å². The van der Waals surface area contributed by atoms with Crippen molar-refractivity contribution in [3.05, 3.63) is 35.6 Å². The molecule has 0 spiro atoms. The molecule has 1 heterocycles. The summed E-state index contributed by atoms with van der Waals surface area (Å²) < 4.78 is 13.1. The third-order valence-electron chi connectivity index (χ3n) is 3.52. The molecule has 2 N–H and O–H groups in total. The minimum Gasteiger partial charge on any atom is -0.348 e. The van der Waals surface area contributed by atoms with Crippen LogP contribution in [0.5, 0.6) is 0 Å². The van der Waals surface area contributed by atoms with Gasteiger partial charge in [0.1, 0.15) is 5.82 Å². The van der Waals surface area contributed by atoms with Gasteiger partial charge in [-0.15, -0.1) is 0 Å². The van der Waals surface area contributed by atoms with Crippen LogP contribution in [0, 0.1) is 11.7 Å². The van der Waals surface area contributed by atoms with Gasteiger partial charge in [-0.05, 0) is 43.5 Å². The largest absolute Gasteiger partial charge is 0.348 e. The van der Waals surface area contributed by atoms with Crippen LogP contribution in [-0.4, -0.2) is 18.5 Å². The van der Waals surface area contributed by atoms with Gasteiger partial charge >= 0.3 is 0 Å². The molecule has 1 aliphatic heterocycles. The normalized spacial score (nSPS) is 24.8. The smallest absolute Gasteiger partial charge is 0.237 e. The van der Waals surface area contributed by atoms with E-state index < -0.39 is 0 Å². The maximum atomic E-state index is 13.1. The van der Waals surface area contributed by atoms with Crippen molar-refractivity contribution >= 4 is 5.91 Å². The lowest BCUT2D eigenvalue weighted by atomic mass is 10.0. The third-order valence-corrected chi connectivity index (χ3v) is 3.52. The Balaban J connectivity index is 1.98. The van der Waals surface area contributed by atoms with Crippen LogP contribution in [0.25, 0.3) is 0 Å². The van der Waals surface area contributed by atoms with Crippen LogP contribution >= 0.6 is 0 Å². The van der Waals surface area contributed by atoms with Crippen LogP contribution in [-0.2, 0) is 4.79 Å². The Morgan fingerprint density at radius 1 is 1.56 bits per heavy atom. The lowest BCUT2D eigenvalue weighted by molar-refractivity contribution is -0.124. The second kappa shape index (κ2) is 5.48. The van der Waals surface area contributed by atoms with Crippen molar-refractivity contribution < 1.29 is 9.18 Å². The van der Waals surface area contributed by atoms with Gasteiger partial charge in [-0.3, -0.25) is 4.79 Å². The van der Waals surface area contributed by atoms with Gasteiger partial charge in [0, 0.05) is 0 Å². The molecule has 1 aromatic carbocycles. The van der Waals surface area contributed by atoms with Gasteiger partial charge in [0.25, 0.3) is 0 Å². The van der Waals surface area contributed by atoms with Gasteiger partial charge in [-0.2, -0.15) is 0 Å². The Morgan fingerprint density at radius 2 is 2.33 bits per heavy atom. The molecule has 0 aliphatic carbocycles. The molecule has 4 heteroatoms. The lowest BCUT2D eigenvalue weighted by Gasteiger charge is -2.20. The van der Waals surface area contributed by atoms with Crippen LogP contribution < -0.4 is 10.6 Å². The number of carbonyl (C=O) groups excluding carboxylic acids is 1. The van der Waals surface area contributed by atoms with Crippen molar-refractivity contribution in [3.8, 4) is 0 Å². The molecular weight excluding hydrogens is 231 g/mol. The highest BCUT2D eigenvalue weighted by Crippen LogP contribution is 2.17. The summed E-state index contributed by atoms with van der Waals surface area (Å²) in [6.45, 7) is 4.82. The molecule has 98 valence electrons. The zero-order valence-electron chi connectivity index (χ0n) is 10.7. The van der Waals surface area contributed by atoms with Gasteiger partial charge < -0.3 is 10.6 Å². The Morgan fingerprint density at radius 3 is 2.94 bits per heavy atom. The number of benzene rings is 1. The summed E-state index contributed by atoms with van der Waals surface area (Å²) in [5.74, 6) is 0.0717. The Labute approximate surface area is 107 Å². The number of carbonyl (C=O) groups is 1. The van der Waals surface area contributed by atoms with Gasteiger partial charge in [0.15, 0.2) is 0 Å². The maximum absolute atomic E-state index is 13.1. The first-order chi connectivity index (χ1) is 8.58. The number of hydrogen-bond donors (Lipinski definition) is 2. The van der Waals surface area contributed by atoms with Crippen LogP contribution in [0.2, 0.25) is 0 Å². The molecule has 1 saturated heterocycles. The molecule has 0 saturated carbocycles. The van der Waals surface area contributed by atoms with Crippen LogP contribution in [0.1, 0.15) is 31.9 Å². The number of nitrogens with one attached hydrogen (secondary N) is 2. The van der Waals surface area contributed by atoms with Crippen molar-refractivity contribution in [2.75, 3.05) is 6.54 Å². The first kappa shape index (κ1) is 13.0. The summed E-state index contributed by atoms with van der Waals surface area (Å²) in [5.41, 5.74) is 0.786. The summed E-state index contributed by atoms with van der Waals surface area (Å²) in [6, 6.07) is 6.03. The third kappa shape index (κ3) is 2.88. The van der Waals surface area contributed by atoms with Crippen LogP contribution in [0.15, 0.2) is 24.3 Å². The molecule has 0 radical (unpaired) electrons. The van der Waals surface area contributed by atoms with E-state index in [0.29, 0.717) is 5.92 Å². The summed E-state index contributed by atoms with van der Waals surface area (Å²) >= 11 is 0. The number of amides is 1. The fourth-order valence-corrected chi connectivity index (χ4v) is 2.35. The van der Waals surface area contributed by atoms with Gasteiger partial charge in [-0.1, -0.05) is 19.1 Å². The van der Waals surface area contributed by atoms with E-state index in [4.69, 9.17) is 0 Å². The van der Waals surface area contributed by atoms with Crippen LogP contribution in [0.3, 0.4) is 0 Å². The minimum absolute atomic E-state index is 0.00300. The lowest BCUT2D eigenvalue weighted by Crippen LogP contribution is -2.44.